The Bertz CT molecular complexity index is 491. The molecule has 0 bridgehead atoms. The number of nitrogens with one attached hydrogen (secondary N) is 1. The lowest BCUT2D eigenvalue weighted by molar-refractivity contribution is -0.225. The molecule has 1 aliphatic heterocycles. The molecule has 5 nitrogen and oxygen atoms in total. The van der Waals surface area contributed by atoms with Crippen molar-refractivity contribution in [3.63, 3.8) is 0 Å². The smallest absolute Gasteiger partial charge is 0.241 e. The van der Waals surface area contributed by atoms with Gasteiger partial charge in [-0.05, 0) is 39.8 Å². The van der Waals surface area contributed by atoms with E-state index in [1.54, 1.807) is 0 Å². The molecule has 3 N–H and O–H groups in total. The highest BCUT2D eigenvalue weighted by Gasteiger charge is 2.70. The molecule has 0 aromatic rings. The Labute approximate surface area is 158 Å². The number of carbonyl (C=O) groups excluding carboxylic acids is 1. The minimum absolute atomic E-state index is 0. The third-order valence-electron chi connectivity index (χ3n) is 7.37. The van der Waals surface area contributed by atoms with E-state index >= 15 is 0 Å². The molecule has 0 aromatic carbocycles. The first-order valence-electron chi connectivity index (χ1n) is 9.62. The molecule has 3 atom stereocenters. The zero-order valence-corrected chi connectivity index (χ0v) is 17.1. The number of amides is 1. The Morgan fingerprint density at radius 2 is 1.84 bits per heavy atom. The fraction of sp³-hybridized carbons (Fsp3) is 0.947. The van der Waals surface area contributed by atoms with Crippen molar-refractivity contribution in [2.24, 2.45) is 17.1 Å². The van der Waals surface area contributed by atoms with E-state index in [1.165, 1.54) is 19.3 Å². The molecule has 3 aliphatic rings. The molecule has 2 aliphatic carbocycles. The second-order valence-electron chi connectivity index (χ2n) is 8.99. The van der Waals surface area contributed by atoms with Crippen LogP contribution < -0.4 is 11.1 Å². The minimum Gasteiger partial charge on any atom is -0.377 e. The van der Waals surface area contributed by atoms with Crippen LogP contribution in [0.3, 0.4) is 0 Å². The molecule has 25 heavy (non-hydrogen) atoms. The number of nitrogens with zero attached hydrogens (tertiary/aromatic N) is 1. The first-order chi connectivity index (χ1) is 11.3. The maximum Gasteiger partial charge on any atom is 0.241 e. The standard InChI is InChI=1S/C19H35N3O2.ClH/c1-17(2)15-14(9-8-12-24-15)19(17,20)16(23)21-13-18(22(3)4)10-6-5-7-11-18;/h14-15H,5-13,20H2,1-4H3,(H,21,23);1H. The van der Waals surface area contributed by atoms with E-state index in [1.807, 2.05) is 0 Å². The van der Waals surface area contributed by atoms with E-state index in [9.17, 15) is 4.79 Å². The summed E-state index contributed by atoms with van der Waals surface area (Å²) in [6, 6.07) is 0. The molecule has 1 saturated heterocycles. The number of likely N-dealkylation sites (N-methyl/N-ethyl adjacent to an activating group) is 1. The van der Waals surface area contributed by atoms with Crippen molar-refractivity contribution in [1.82, 2.24) is 10.2 Å². The van der Waals surface area contributed by atoms with Gasteiger partial charge < -0.3 is 20.7 Å². The lowest BCUT2D eigenvalue weighted by atomic mass is 9.46. The third-order valence-corrected chi connectivity index (χ3v) is 7.37. The predicted molar refractivity (Wildman–Crippen MR) is 103 cm³/mol. The molecule has 3 rings (SSSR count). The van der Waals surface area contributed by atoms with Gasteiger partial charge in [0.05, 0.1) is 6.10 Å². The van der Waals surface area contributed by atoms with Crippen molar-refractivity contribution in [3.8, 4) is 0 Å². The quantitative estimate of drug-likeness (QED) is 0.793. The Hall–Kier alpha value is -0.360. The Kier molecular flexibility index (Phi) is 6.15. The highest BCUT2D eigenvalue weighted by Crippen LogP contribution is 2.57. The van der Waals surface area contributed by atoms with Crippen LogP contribution in [0.25, 0.3) is 0 Å². The predicted octanol–water partition coefficient (Wildman–Crippen LogP) is 2.32. The van der Waals surface area contributed by atoms with E-state index in [0.717, 1.165) is 32.3 Å². The van der Waals surface area contributed by atoms with Crippen LogP contribution in [0.5, 0.6) is 0 Å². The molecule has 2 saturated carbocycles. The van der Waals surface area contributed by atoms with Crippen LogP contribution >= 0.6 is 12.4 Å². The van der Waals surface area contributed by atoms with E-state index in [2.05, 4.69) is 38.2 Å². The van der Waals surface area contributed by atoms with Gasteiger partial charge in [0.15, 0.2) is 0 Å². The van der Waals surface area contributed by atoms with Gasteiger partial charge in [0.1, 0.15) is 5.54 Å². The lowest BCUT2D eigenvalue weighted by Gasteiger charge is -2.65. The van der Waals surface area contributed by atoms with E-state index < -0.39 is 5.54 Å². The van der Waals surface area contributed by atoms with Gasteiger partial charge in [0.25, 0.3) is 0 Å². The van der Waals surface area contributed by atoms with Crippen molar-refractivity contribution in [3.05, 3.63) is 0 Å². The normalized spacial score (nSPS) is 35.9. The number of carbonyl (C=O) groups is 1. The number of rotatable bonds is 4. The van der Waals surface area contributed by atoms with Gasteiger partial charge in [-0.1, -0.05) is 33.1 Å². The van der Waals surface area contributed by atoms with Crippen molar-refractivity contribution in [2.45, 2.75) is 76.0 Å². The summed E-state index contributed by atoms with van der Waals surface area (Å²) in [6.07, 6.45) is 8.21. The monoisotopic (exact) mass is 373 g/mol. The first-order valence-corrected chi connectivity index (χ1v) is 9.62. The van der Waals surface area contributed by atoms with Gasteiger partial charge in [-0.25, -0.2) is 0 Å². The zero-order valence-electron chi connectivity index (χ0n) is 16.3. The summed E-state index contributed by atoms with van der Waals surface area (Å²) in [4.78, 5) is 15.4. The van der Waals surface area contributed by atoms with E-state index in [0.29, 0.717) is 6.54 Å². The van der Waals surface area contributed by atoms with Crippen LogP contribution in [0.4, 0.5) is 0 Å². The van der Waals surface area contributed by atoms with Gasteiger partial charge in [-0.3, -0.25) is 4.79 Å². The number of ether oxygens (including phenoxy) is 1. The topological polar surface area (TPSA) is 67.6 Å². The van der Waals surface area contributed by atoms with Crippen LogP contribution in [0, 0.1) is 11.3 Å². The van der Waals surface area contributed by atoms with Gasteiger partial charge in [-0.2, -0.15) is 0 Å². The first kappa shape index (κ1) is 20.9. The molecular weight excluding hydrogens is 338 g/mol. The van der Waals surface area contributed by atoms with Gasteiger partial charge in [-0.15, -0.1) is 12.4 Å². The number of hydrogen-bond donors (Lipinski definition) is 2. The number of fused-ring (bicyclic) bond motifs is 1. The summed E-state index contributed by atoms with van der Waals surface area (Å²) in [5, 5.41) is 3.24. The maximum atomic E-state index is 13.1. The van der Waals surface area contributed by atoms with Crippen LogP contribution in [0.2, 0.25) is 0 Å². The fourth-order valence-corrected chi connectivity index (χ4v) is 5.42. The summed E-state index contributed by atoms with van der Waals surface area (Å²) in [7, 11) is 4.27. The number of hydrogen-bond acceptors (Lipinski definition) is 4. The van der Waals surface area contributed by atoms with Crippen molar-refractivity contribution >= 4 is 18.3 Å². The molecule has 6 heteroatoms. The molecular formula is C19H36ClN3O2. The van der Waals surface area contributed by atoms with Crippen LogP contribution in [-0.2, 0) is 9.53 Å². The molecule has 0 radical (unpaired) electrons. The van der Waals surface area contributed by atoms with Crippen LogP contribution in [0.15, 0.2) is 0 Å². The lowest BCUT2D eigenvalue weighted by Crippen LogP contribution is -2.82. The second kappa shape index (κ2) is 7.34. The molecule has 1 heterocycles. The number of nitrogens with two attached hydrogens (primary N) is 1. The molecule has 3 unspecified atom stereocenters. The fourth-order valence-electron chi connectivity index (χ4n) is 5.42. The van der Waals surface area contributed by atoms with E-state index in [-0.39, 0.29) is 41.3 Å². The summed E-state index contributed by atoms with van der Waals surface area (Å²) in [6.45, 7) is 5.67. The Morgan fingerprint density at radius 1 is 1.20 bits per heavy atom. The Morgan fingerprint density at radius 3 is 2.44 bits per heavy atom. The Balaban J connectivity index is 0.00000225. The largest absolute Gasteiger partial charge is 0.377 e. The summed E-state index contributed by atoms with van der Waals surface area (Å²) >= 11 is 0. The van der Waals surface area contributed by atoms with Crippen LogP contribution in [0.1, 0.15) is 58.8 Å². The SMILES string of the molecule is CN(C)C1(CNC(=O)C2(N)C3CCCOC3C2(C)C)CCCCC1.Cl. The molecule has 146 valence electrons. The number of halogens is 1. The van der Waals surface area contributed by atoms with Crippen molar-refractivity contribution in [2.75, 3.05) is 27.2 Å². The molecule has 1 amide bonds. The van der Waals surface area contributed by atoms with Gasteiger partial charge in [0.2, 0.25) is 5.91 Å². The highest BCUT2D eigenvalue weighted by atomic mass is 35.5. The average molecular weight is 374 g/mol. The molecule has 0 aromatic heterocycles. The average Bonchev–Trinajstić information content (AvgIpc) is 2.59. The van der Waals surface area contributed by atoms with Gasteiger partial charge >= 0.3 is 0 Å². The summed E-state index contributed by atoms with van der Waals surface area (Å²) in [5.74, 6) is 0.175. The molecule has 3 fully saturated rings. The third kappa shape index (κ3) is 3.11. The summed E-state index contributed by atoms with van der Waals surface area (Å²) < 4.78 is 5.92. The highest BCUT2D eigenvalue weighted by molar-refractivity contribution is 5.89. The van der Waals surface area contributed by atoms with Crippen molar-refractivity contribution in [1.29, 1.82) is 0 Å². The van der Waals surface area contributed by atoms with Crippen LogP contribution in [-0.4, -0.2) is 55.2 Å². The maximum absolute atomic E-state index is 13.1. The van der Waals surface area contributed by atoms with Crippen molar-refractivity contribution < 1.29 is 9.53 Å². The van der Waals surface area contributed by atoms with Gasteiger partial charge in [0, 0.05) is 30.0 Å². The summed E-state index contributed by atoms with van der Waals surface area (Å²) in [5.41, 5.74) is 5.68. The molecule has 0 spiro atoms. The zero-order chi connectivity index (χ0) is 17.6. The van der Waals surface area contributed by atoms with E-state index in [4.69, 9.17) is 10.5 Å². The second-order valence-corrected chi connectivity index (χ2v) is 8.99. The minimum atomic E-state index is -0.805.